The summed E-state index contributed by atoms with van der Waals surface area (Å²) in [7, 11) is 3.31. The molecule has 0 aliphatic carbocycles. The van der Waals surface area contributed by atoms with Gasteiger partial charge in [0.15, 0.2) is 6.29 Å². The first kappa shape index (κ1) is 12.9. The van der Waals surface area contributed by atoms with Gasteiger partial charge in [-0.15, -0.1) is 0 Å². The minimum absolute atomic E-state index is 0.00125. The molecule has 90 valence electrons. The van der Waals surface area contributed by atoms with Crippen molar-refractivity contribution in [1.82, 2.24) is 0 Å². The van der Waals surface area contributed by atoms with E-state index in [0.717, 1.165) is 6.42 Å². The van der Waals surface area contributed by atoms with Crippen molar-refractivity contribution in [3.8, 4) is 0 Å². The van der Waals surface area contributed by atoms with E-state index < -0.39 is 0 Å². The van der Waals surface area contributed by atoms with Crippen molar-refractivity contribution in [1.29, 1.82) is 0 Å². The molecule has 0 aromatic rings. The number of hydrogen-bond acceptors (Lipinski definition) is 4. The molecular formula is C11H22O4. The minimum atomic E-state index is -0.234. The fraction of sp³-hybridized carbons (Fsp3) is 1.00. The molecule has 0 radical (unpaired) electrons. The fourth-order valence-electron chi connectivity index (χ4n) is 2.43. The highest BCUT2D eigenvalue weighted by molar-refractivity contribution is 4.87. The zero-order valence-corrected chi connectivity index (χ0v) is 9.97. The maximum absolute atomic E-state index is 9.37. The summed E-state index contributed by atoms with van der Waals surface area (Å²) in [5.74, 6) is 0.182. The summed E-state index contributed by atoms with van der Waals surface area (Å²) < 4.78 is 16.5. The topological polar surface area (TPSA) is 47.9 Å². The van der Waals surface area contributed by atoms with Crippen LogP contribution in [0.15, 0.2) is 0 Å². The van der Waals surface area contributed by atoms with Crippen molar-refractivity contribution in [2.45, 2.75) is 38.8 Å². The van der Waals surface area contributed by atoms with Gasteiger partial charge >= 0.3 is 0 Å². The quantitative estimate of drug-likeness (QED) is 0.765. The number of aliphatic hydroxyl groups excluding tert-OH is 1. The molecule has 1 aliphatic heterocycles. The van der Waals surface area contributed by atoms with Gasteiger partial charge in [-0.25, -0.2) is 0 Å². The lowest BCUT2D eigenvalue weighted by Gasteiger charge is -2.43. The fourth-order valence-corrected chi connectivity index (χ4v) is 2.43. The smallest absolute Gasteiger partial charge is 0.162 e. The Hall–Kier alpha value is -0.160. The van der Waals surface area contributed by atoms with Crippen molar-refractivity contribution in [2.24, 2.45) is 11.8 Å². The monoisotopic (exact) mass is 218 g/mol. The highest BCUT2D eigenvalue weighted by Gasteiger charge is 2.43. The lowest BCUT2D eigenvalue weighted by atomic mass is 9.84. The van der Waals surface area contributed by atoms with Crippen LogP contribution in [-0.4, -0.2) is 44.4 Å². The lowest BCUT2D eigenvalue weighted by Crippen LogP contribution is -2.52. The predicted molar refractivity (Wildman–Crippen MR) is 56.5 cm³/mol. The zero-order valence-electron chi connectivity index (χ0n) is 9.97. The number of hydrogen-bond donors (Lipinski definition) is 1. The summed E-state index contributed by atoms with van der Waals surface area (Å²) in [6, 6.07) is 0. The average Bonchev–Trinajstić information content (AvgIpc) is 2.28. The van der Waals surface area contributed by atoms with Gasteiger partial charge in [-0.3, -0.25) is 0 Å². The van der Waals surface area contributed by atoms with Crippen LogP contribution in [-0.2, 0) is 14.2 Å². The van der Waals surface area contributed by atoms with Gasteiger partial charge in [-0.2, -0.15) is 0 Å². The third kappa shape index (κ3) is 2.50. The first-order valence-corrected chi connectivity index (χ1v) is 5.51. The first-order valence-electron chi connectivity index (χ1n) is 5.51. The van der Waals surface area contributed by atoms with E-state index in [1.54, 1.807) is 14.2 Å². The van der Waals surface area contributed by atoms with E-state index in [0.29, 0.717) is 0 Å². The van der Waals surface area contributed by atoms with Gasteiger partial charge in [-0.05, 0) is 6.42 Å². The van der Waals surface area contributed by atoms with Crippen LogP contribution >= 0.6 is 0 Å². The second-order valence-corrected chi connectivity index (χ2v) is 4.09. The minimum Gasteiger partial charge on any atom is -0.396 e. The highest BCUT2D eigenvalue weighted by Crippen LogP contribution is 2.33. The van der Waals surface area contributed by atoms with Crippen LogP contribution in [0.2, 0.25) is 0 Å². The molecule has 5 unspecified atom stereocenters. The summed E-state index contributed by atoms with van der Waals surface area (Å²) in [5.41, 5.74) is 0. The number of methoxy groups -OCH3 is 2. The van der Waals surface area contributed by atoms with Crippen LogP contribution in [0.4, 0.5) is 0 Å². The predicted octanol–water partition coefficient (Wildman–Crippen LogP) is 1.03. The molecular weight excluding hydrogens is 196 g/mol. The molecule has 1 heterocycles. The maximum atomic E-state index is 9.37. The van der Waals surface area contributed by atoms with Crippen molar-refractivity contribution < 1.29 is 19.3 Å². The van der Waals surface area contributed by atoms with Crippen LogP contribution in [0.3, 0.4) is 0 Å². The molecule has 1 fully saturated rings. The summed E-state index contributed by atoms with van der Waals surface area (Å²) in [5, 5.41) is 9.37. The molecule has 1 saturated heterocycles. The van der Waals surface area contributed by atoms with E-state index in [9.17, 15) is 5.11 Å². The molecule has 4 nitrogen and oxygen atoms in total. The summed E-state index contributed by atoms with van der Waals surface area (Å²) >= 11 is 0. The van der Waals surface area contributed by atoms with Crippen LogP contribution in [0, 0.1) is 11.8 Å². The van der Waals surface area contributed by atoms with Gasteiger partial charge in [-0.1, -0.05) is 13.8 Å². The lowest BCUT2D eigenvalue weighted by molar-refractivity contribution is -0.264. The molecule has 1 rings (SSSR count). The van der Waals surface area contributed by atoms with Crippen LogP contribution in [0.25, 0.3) is 0 Å². The first-order chi connectivity index (χ1) is 7.19. The van der Waals surface area contributed by atoms with Gasteiger partial charge in [0, 0.05) is 26.1 Å². The van der Waals surface area contributed by atoms with E-state index in [2.05, 4.69) is 0 Å². The van der Waals surface area contributed by atoms with Crippen molar-refractivity contribution >= 4 is 0 Å². The molecule has 0 bridgehead atoms. The summed E-state index contributed by atoms with van der Waals surface area (Å²) in [4.78, 5) is 0. The number of aliphatic hydroxyl groups is 1. The largest absolute Gasteiger partial charge is 0.396 e. The highest BCUT2D eigenvalue weighted by atomic mass is 16.7. The Balaban J connectivity index is 2.78. The summed E-state index contributed by atoms with van der Waals surface area (Å²) in [6.07, 6.45) is 0.639. The number of rotatable bonds is 4. The normalized spacial score (nSPS) is 41.8. The second kappa shape index (κ2) is 5.80. The van der Waals surface area contributed by atoms with E-state index in [-0.39, 0.29) is 36.9 Å². The molecule has 0 aromatic carbocycles. The van der Waals surface area contributed by atoms with Gasteiger partial charge in [0.05, 0.1) is 18.8 Å². The Morgan fingerprint density at radius 2 is 1.93 bits per heavy atom. The van der Waals surface area contributed by atoms with Crippen molar-refractivity contribution in [2.75, 3.05) is 20.8 Å². The molecule has 5 atom stereocenters. The Morgan fingerprint density at radius 1 is 1.27 bits per heavy atom. The molecule has 1 N–H and O–H groups in total. The van der Waals surface area contributed by atoms with Gasteiger partial charge in [0.2, 0.25) is 0 Å². The average molecular weight is 218 g/mol. The van der Waals surface area contributed by atoms with E-state index >= 15 is 0 Å². The second-order valence-electron chi connectivity index (χ2n) is 4.09. The standard InChI is InChI=1S/C11H22O4/c1-5-9-8(6-12)10(13-3)7(2)11(14-4)15-9/h7-12H,5-6H2,1-4H3. The Kier molecular flexibility index (Phi) is 4.99. The van der Waals surface area contributed by atoms with Crippen LogP contribution < -0.4 is 0 Å². The molecule has 0 amide bonds. The molecule has 0 saturated carbocycles. The summed E-state index contributed by atoms with van der Waals surface area (Å²) in [6.45, 7) is 4.16. The SMILES string of the molecule is CCC1OC(OC)C(C)C(OC)C1CO. The van der Waals surface area contributed by atoms with Gasteiger partial charge in [0.1, 0.15) is 0 Å². The zero-order chi connectivity index (χ0) is 11.4. The molecule has 15 heavy (non-hydrogen) atoms. The third-order valence-electron chi connectivity index (χ3n) is 3.27. The van der Waals surface area contributed by atoms with E-state index in [4.69, 9.17) is 14.2 Å². The Labute approximate surface area is 91.5 Å². The molecule has 4 heteroatoms. The molecule has 0 aromatic heterocycles. The maximum Gasteiger partial charge on any atom is 0.162 e. The van der Waals surface area contributed by atoms with Gasteiger partial charge in [0.25, 0.3) is 0 Å². The van der Waals surface area contributed by atoms with Crippen LogP contribution in [0.5, 0.6) is 0 Å². The number of ether oxygens (including phenoxy) is 3. The molecule has 0 spiro atoms. The van der Waals surface area contributed by atoms with Crippen LogP contribution in [0.1, 0.15) is 20.3 Å². The Morgan fingerprint density at radius 3 is 2.33 bits per heavy atom. The van der Waals surface area contributed by atoms with Crippen molar-refractivity contribution in [3.63, 3.8) is 0 Å². The van der Waals surface area contributed by atoms with Crippen molar-refractivity contribution in [3.05, 3.63) is 0 Å². The molecule has 1 aliphatic rings. The van der Waals surface area contributed by atoms with E-state index in [1.807, 2.05) is 13.8 Å². The Bertz CT molecular complexity index is 185. The van der Waals surface area contributed by atoms with Gasteiger partial charge < -0.3 is 19.3 Å². The third-order valence-corrected chi connectivity index (χ3v) is 3.27. The van der Waals surface area contributed by atoms with E-state index in [1.165, 1.54) is 0 Å².